The highest BCUT2D eigenvalue weighted by molar-refractivity contribution is 6.31. The van der Waals surface area contributed by atoms with Crippen LogP contribution in [0.4, 0.5) is 5.69 Å². The van der Waals surface area contributed by atoms with Gasteiger partial charge in [-0.3, -0.25) is 4.98 Å². The first-order valence-electron chi connectivity index (χ1n) is 6.26. The molecule has 2 N–H and O–H groups in total. The molecular weight excluding hydrogens is 258 g/mol. The van der Waals surface area contributed by atoms with Gasteiger partial charge in [0.1, 0.15) is 0 Å². The number of hydrogen-bond donors (Lipinski definition) is 1. The van der Waals surface area contributed by atoms with E-state index in [2.05, 4.69) is 11.1 Å². The SMILES string of the molecule is Cc1ccc(CCN(N)c2ccc(C)c(Cl)c2)cn1. The van der Waals surface area contributed by atoms with E-state index in [1.807, 2.05) is 44.3 Å². The molecule has 0 unspecified atom stereocenters. The van der Waals surface area contributed by atoms with Crippen LogP contribution in [0.2, 0.25) is 5.02 Å². The molecule has 3 nitrogen and oxygen atoms in total. The molecule has 0 amide bonds. The van der Waals surface area contributed by atoms with Crippen LogP contribution in [0, 0.1) is 13.8 Å². The van der Waals surface area contributed by atoms with Crippen molar-refractivity contribution in [2.75, 3.05) is 11.6 Å². The number of benzene rings is 1. The van der Waals surface area contributed by atoms with Crippen molar-refractivity contribution in [2.24, 2.45) is 5.84 Å². The number of aromatic nitrogens is 1. The summed E-state index contributed by atoms with van der Waals surface area (Å²) in [6.45, 7) is 4.68. The Morgan fingerprint density at radius 1 is 1.21 bits per heavy atom. The van der Waals surface area contributed by atoms with Gasteiger partial charge in [-0.1, -0.05) is 23.7 Å². The van der Waals surface area contributed by atoms with Gasteiger partial charge in [-0.05, 0) is 49.6 Å². The molecule has 0 aliphatic carbocycles. The lowest BCUT2D eigenvalue weighted by atomic mass is 10.2. The molecule has 0 spiro atoms. The molecule has 100 valence electrons. The second-order valence-corrected chi connectivity index (χ2v) is 5.09. The fourth-order valence-electron chi connectivity index (χ4n) is 1.79. The Morgan fingerprint density at radius 3 is 2.63 bits per heavy atom. The van der Waals surface area contributed by atoms with Crippen LogP contribution >= 0.6 is 11.6 Å². The Kier molecular flexibility index (Phi) is 4.40. The van der Waals surface area contributed by atoms with E-state index in [4.69, 9.17) is 17.4 Å². The first-order chi connectivity index (χ1) is 9.06. The second kappa shape index (κ2) is 6.04. The number of aryl methyl sites for hydroxylation is 2. The molecule has 19 heavy (non-hydrogen) atoms. The molecule has 0 atom stereocenters. The fraction of sp³-hybridized carbons (Fsp3) is 0.267. The number of hydrazine groups is 1. The maximum atomic E-state index is 6.10. The van der Waals surface area contributed by atoms with Crippen LogP contribution in [0.3, 0.4) is 0 Å². The normalized spacial score (nSPS) is 10.5. The van der Waals surface area contributed by atoms with Gasteiger partial charge in [0.2, 0.25) is 0 Å². The van der Waals surface area contributed by atoms with Crippen molar-refractivity contribution in [3.63, 3.8) is 0 Å². The van der Waals surface area contributed by atoms with Gasteiger partial charge < -0.3 is 5.01 Å². The van der Waals surface area contributed by atoms with Crippen molar-refractivity contribution in [3.8, 4) is 0 Å². The van der Waals surface area contributed by atoms with Gasteiger partial charge in [0, 0.05) is 23.5 Å². The Bertz CT molecular complexity index is 552. The summed E-state index contributed by atoms with van der Waals surface area (Å²) in [4.78, 5) is 4.28. The molecule has 0 bridgehead atoms. The quantitative estimate of drug-likeness (QED) is 0.688. The lowest BCUT2D eigenvalue weighted by Gasteiger charge is -2.19. The number of nitrogens with zero attached hydrogens (tertiary/aromatic N) is 2. The molecule has 0 radical (unpaired) electrons. The number of nitrogens with two attached hydrogens (primary N) is 1. The topological polar surface area (TPSA) is 42.1 Å². The van der Waals surface area contributed by atoms with E-state index < -0.39 is 0 Å². The third-order valence-electron chi connectivity index (χ3n) is 3.10. The van der Waals surface area contributed by atoms with Crippen molar-refractivity contribution in [2.45, 2.75) is 20.3 Å². The van der Waals surface area contributed by atoms with Gasteiger partial charge in [-0.15, -0.1) is 0 Å². The molecule has 1 aromatic heterocycles. The van der Waals surface area contributed by atoms with Crippen molar-refractivity contribution in [1.29, 1.82) is 0 Å². The minimum absolute atomic E-state index is 0.726. The third kappa shape index (κ3) is 3.69. The van der Waals surface area contributed by atoms with E-state index in [0.29, 0.717) is 0 Å². The zero-order valence-corrected chi connectivity index (χ0v) is 12.0. The van der Waals surface area contributed by atoms with Crippen LogP contribution in [0.1, 0.15) is 16.8 Å². The van der Waals surface area contributed by atoms with Crippen LogP contribution in [-0.4, -0.2) is 11.5 Å². The molecule has 4 heteroatoms. The van der Waals surface area contributed by atoms with Crippen LogP contribution in [-0.2, 0) is 6.42 Å². The second-order valence-electron chi connectivity index (χ2n) is 4.68. The van der Waals surface area contributed by atoms with Gasteiger partial charge >= 0.3 is 0 Å². The van der Waals surface area contributed by atoms with Crippen LogP contribution in [0.25, 0.3) is 0 Å². The van der Waals surface area contributed by atoms with E-state index >= 15 is 0 Å². The van der Waals surface area contributed by atoms with Gasteiger partial charge in [0.15, 0.2) is 0 Å². The van der Waals surface area contributed by atoms with E-state index in [0.717, 1.165) is 34.9 Å². The van der Waals surface area contributed by atoms with Crippen LogP contribution in [0.5, 0.6) is 0 Å². The lowest BCUT2D eigenvalue weighted by molar-refractivity contribution is 0.820. The highest BCUT2D eigenvalue weighted by atomic mass is 35.5. The summed E-state index contributed by atoms with van der Waals surface area (Å²) in [5.41, 5.74) is 4.19. The average Bonchev–Trinajstić information content (AvgIpc) is 2.41. The first-order valence-corrected chi connectivity index (χ1v) is 6.64. The van der Waals surface area contributed by atoms with E-state index in [1.54, 1.807) is 5.01 Å². The molecule has 2 rings (SSSR count). The fourth-order valence-corrected chi connectivity index (χ4v) is 1.96. The van der Waals surface area contributed by atoms with Crippen LogP contribution < -0.4 is 10.9 Å². The largest absolute Gasteiger partial charge is 0.311 e. The summed E-state index contributed by atoms with van der Waals surface area (Å²) in [7, 11) is 0. The Morgan fingerprint density at radius 2 is 2.00 bits per heavy atom. The molecule has 1 aromatic carbocycles. The highest BCUT2D eigenvalue weighted by Gasteiger charge is 2.04. The molecule has 0 saturated carbocycles. The van der Waals surface area contributed by atoms with Gasteiger partial charge in [-0.25, -0.2) is 5.84 Å². The Hall–Kier alpha value is -1.58. The highest BCUT2D eigenvalue weighted by Crippen LogP contribution is 2.21. The molecule has 1 heterocycles. The van der Waals surface area contributed by atoms with Gasteiger partial charge in [-0.2, -0.15) is 0 Å². The summed E-state index contributed by atoms with van der Waals surface area (Å²) >= 11 is 6.10. The van der Waals surface area contributed by atoms with Crippen LogP contribution in [0.15, 0.2) is 36.5 Å². The summed E-state index contributed by atoms with van der Waals surface area (Å²) in [6, 6.07) is 9.95. The number of pyridine rings is 1. The predicted molar refractivity (Wildman–Crippen MR) is 80.4 cm³/mol. The monoisotopic (exact) mass is 275 g/mol. The average molecular weight is 276 g/mol. The van der Waals surface area contributed by atoms with Crippen molar-refractivity contribution in [3.05, 3.63) is 58.4 Å². The van der Waals surface area contributed by atoms with Gasteiger partial charge in [0.05, 0.1) is 5.69 Å². The Labute approximate surface area is 119 Å². The van der Waals surface area contributed by atoms with Gasteiger partial charge in [0.25, 0.3) is 0 Å². The lowest BCUT2D eigenvalue weighted by Crippen LogP contribution is -2.32. The molecule has 2 aromatic rings. The molecule has 0 fully saturated rings. The maximum Gasteiger partial charge on any atom is 0.0532 e. The summed E-state index contributed by atoms with van der Waals surface area (Å²) in [5, 5.41) is 2.45. The summed E-state index contributed by atoms with van der Waals surface area (Å²) < 4.78 is 0. The summed E-state index contributed by atoms with van der Waals surface area (Å²) in [5.74, 6) is 6.05. The zero-order valence-electron chi connectivity index (χ0n) is 11.2. The standard InChI is InChI=1S/C15H18ClN3/c1-11-3-6-14(9-15(11)16)19(17)8-7-13-5-4-12(2)18-10-13/h3-6,9-10H,7-8,17H2,1-2H3. The number of halogens is 1. The van der Waals surface area contributed by atoms with Crippen molar-refractivity contribution in [1.82, 2.24) is 4.98 Å². The third-order valence-corrected chi connectivity index (χ3v) is 3.51. The number of rotatable bonds is 4. The van der Waals surface area contributed by atoms with Crippen molar-refractivity contribution >= 4 is 17.3 Å². The van der Waals surface area contributed by atoms with E-state index in [9.17, 15) is 0 Å². The molecular formula is C15H18ClN3. The number of hydrogen-bond acceptors (Lipinski definition) is 3. The van der Waals surface area contributed by atoms with E-state index in [1.165, 1.54) is 5.56 Å². The molecule has 0 aliphatic rings. The minimum Gasteiger partial charge on any atom is -0.311 e. The maximum absolute atomic E-state index is 6.10. The zero-order chi connectivity index (χ0) is 13.8. The molecule has 0 aliphatic heterocycles. The van der Waals surface area contributed by atoms with E-state index in [-0.39, 0.29) is 0 Å². The summed E-state index contributed by atoms with van der Waals surface area (Å²) in [6.07, 6.45) is 2.75. The van der Waals surface area contributed by atoms with Crippen molar-refractivity contribution < 1.29 is 0 Å². The smallest absolute Gasteiger partial charge is 0.0532 e. The minimum atomic E-state index is 0.726. The Balaban J connectivity index is 1.98. The molecule has 0 saturated heterocycles. The predicted octanol–water partition coefficient (Wildman–Crippen LogP) is 3.27. The first kappa shape index (κ1) is 13.8. The number of anilines is 1.